The molecule has 8 nitrogen and oxygen atoms in total. The fraction of sp³-hybridized carbons (Fsp3) is 0.0625. The zero-order chi connectivity index (χ0) is 19.2. The molecule has 0 saturated carbocycles. The van der Waals surface area contributed by atoms with Gasteiger partial charge >= 0.3 is 0 Å². The molecule has 3 aromatic heterocycles. The van der Waals surface area contributed by atoms with Crippen molar-refractivity contribution >= 4 is 11.3 Å². The lowest BCUT2D eigenvalue weighted by Crippen LogP contribution is -1.97. The maximum absolute atomic E-state index is 11.0. The number of non-ortho nitro benzene ring substituents is 1. The Morgan fingerprint density at radius 3 is 2.92 bits per heavy atom. The minimum absolute atomic E-state index is 0.0493. The van der Waals surface area contributed by atoms with Gasteiger partial charge in [-0.1, -0.05) is 12.1 Å². The van der Waals surface area contributed by atoms with Crippen molar-refractivity contribution in [2.45, 2.75) is 6.85 Å². The number of nitro benzene ring substituents is 1. The van der Waals surface area contributed by atoms with Crippen molar-refractivity contribution in [3.05, 3.63) is 64.4 Å². The van der Waals surface area contributed by atoms with Crippen molar-refractivity contribution in [3.63, 3.8) is 0 Å². The molecule has 0 unspecified atom stereocenters. The van der Waals surface area contributed by atoms with E-state index in [0.29, 0.717) is 16.9 Å². The predicted molar refractivity (Wildman–Crippen MR) is 85.3 cm³/mol. The molecule has 0 atom stereocenters. The number of aryl methyl sites for hydroxylation is 1. The fourth-order valence-electron chi connectivity index (χ4n) is 2.33. The highest BCUT2D eigenvalue weighted by Crippen LogP contribution is 2.24. The molecule has 4 rings (SSSR count). The third-order valence-electron chi connectivity index (χ3n) is 3.44. The van der Waals surface area contributed by atoms with E-state index in [4.69, 9.17) is 8.53 Å². The molecule has 0 aliphatic heterocycles. The van der Waals surface area contributed by atoms with Crippen LogP contribution in [0.3, 0.4) is 0 Å². The molecule has 0 amide bonds. The minimum Gasteiger partial charge on any atom is -0.458 e. The lowest BCUT2D eigenvalue weighted by Gasteiger charge is -2.02. The monoisotopic (exact) mass is 324 g/mol. The summed E-state index contributed by atoms with van der Waals surface area (Å²) in [6.45, 7) is -2.37. The first-order chi connectivity index (χ1) is 12.8. The van der Waals surface area contributed by atoms with Gasteiger partial charge in [0.25, 0.3) is 5.69 Å². The summed E-state index contributed by atoms with van der Waals surface area (Å²) in [7, 11) is 0. The number of rotatable bonds is 3. The zero-order valence-corrected chi connectivity index (χ0v) is 12.1. The van der Waals surface area contributed by atoms with Gasteiger partial charge in [0.1, 0.15) is 5.76 Å². The SMILES string of the molecule is [2H]C([2H])([2H])c1ccc(-c2nnc3ccc(-c4cccc([N+](=O)[O-])c4)nn23)o1. The zero-order valence-electron chi connectivity index (χ0n) is 15.1. The molecule has 0 N–H and O–H groups in total. The predicted octanol–water partition coefficient (Wildman–Crippen LogP) is 3.27. The number of hydrogen-bond donors (Lipinski definition) is 0. The molecule has 0 aliphatic carbocycles. The molecule has 8 heteroatoms. The third-order valence-corrected chi connectivity index (χ3v) is 3.44. The number of furan rings is 1. The molecule has 0 bridgehead atoms. The second-order valence-electron chi connectivity index (χ2n) is 4.98. The molecule has 0 aliphatic rings. The molecule has 0 radical (unpaired) electrons. The van der Waals surface area contributed by atoms with Gasteiger partial charge in [0.15, 0.2) is 11.4 Å². The number of hydrogen-bond acceptors (Lipinski definition) is 6. The van der Waals surface area contributed by atoms with Crippen LogP contribution in [0.15, 0.2) is 52.9 Å². The lowest BCUT2D eigenvalue weighted by atomic mass is 10.1. The van der Waals surface area contributed by atoms with Crippen LogP contribution in [0.5, 0.6) is 0 Å². The van der Waals surface area contributed by atoms with Gasteiger partial charge in [-0.05, 0) is 31.1 Å². The first-order valence-electron chi connectivity index (χ1n) is 8.41. The number of nitro groups is 1. The quantitative estimate of drug-likeness (QED) is 0.423. The Hall–Kier alpha value is -3.55. The number of nitrogens with zero attached hydrogens (tertiary/aromatic N) is 5. The van der Waals surface area contributed by atoms with Crippen molar-refractivity contribution < 1.29 is 13.5 Å². The summed E-state index contributed by atoms with van der Waals surface area (Å²) in [5.74, 6) is 0.272. The minimum atomic E-state index is -2.37. The Kier molecular flexibility index (Phi) is 2.43. The first kappa shape index (κ1) is 11.1. The van der Waals surface area contributed by atoms with Gasteiger partial charge < -0.3 is 4.42 Å². The summed E-state index contributed by atoms with van der Waals surface area (Å²) in [4.78, 5) is 10.5. The van der Waals surface area contributed by atoms with Crippen molar-refractivity contribution in [1.82, 2.24) is 19.8 Å². The molecule has 1 aromatic carbocycles. The van der Waals surface area contributed by atoms with Gasteiger partial charge in [-0.15, -0.1) is 10.2 Å². The Labute approximate surface area is 139 Å². The van der Waals surface area contributed by atoms with Crippen LogP contribution in [-0.4, -0.2) is 24.7 Å². The normalized spacial score (nSPS) is 13.4. The maximum Gasteiger partial charge on any atom is 0.270 e. The van der Waals surface area contributed by atoms with E-state index in [1.165, 1.54) is 28.8 Å². The van der Waals surface area contributed by atoms with E-state index >= 15 is 0 Å². The Morgan fingerprint density at radius 2 is 2.12 bits per heavy atom. The van der Waals surface area contributed by atoms with Crippen LogP contribution in [0.1, 0.15) is 9.87 Å². The van der Waals surface area contributed by atoms with Crippen LogP contribution < -0.4 is 0 Å². The van der Waals surface area contributed by atoms with Gasteiger partial charge in [0, 0.05) is 21.8 Å². The van der Waals surface area contributed by atoms with Crippen molar-refractivity contribution in [3.8, 4) is 22.8 Å². The summed E-state index contributed by atoms with van der Waals surface area (Å²) in [5.41, 5.74) is 1.39. The summed E-state index contributed by atoms with van der Waals surface area (Å²) < 4.78 is 29.0. The smallest absolute Gasteiger partial charge is 0.270 e. The molecule has 0 spiro atoms. The van der Waals surface area contributed by atoms with Crippen LogP contribution in [-0.2, 0) is 0 Å². The van der Waals surface area contributed by atoms with Crippen molar-refractivity contribution in [2.75, 3.05) is 0 Å². The summed E-state index contributed by atoms with van der Waals surface area (Å²) >= 11 is 0. The highest BCUT2D eigenvalue weighted by molar-refractivity contribution is 5.64. The summed E-state index contributed by atoms with van der Waals surface area (Å²) in [6, 6.07) is 12.2. The molecule has 0 fully saturated rings. The van der Waals surface area contributed by atoms with E-state index in [1.807, 2.05) is 0 Å². The molecule has 118 valence electrons. The van der Waals surface area contributed by atoms with Gasteiger partial charge in [-0.2, -0.15) is 9.61 Å². The van der Waals surface area contributed by atoms with Crippen LogP contribution in [0.2, 0.25) is 0 Å². The Balaban J connectivity index is 1.81. The van der Waals surface area contributed by atoms with Crippen LogP contribution in [0.4, 0.5) is 5.69 Å². The molecule has 0 saturated heterocycles. The summed E-state index contributed by atoms with van der Waals surface area (Å²) in [5, 5.41) is 23.4. The molecular formula is C16H11N5O3. The number of benzene rings is 1. The third kappa shape index (κ3) is 2.30. The molecule has 24 heavy (non-hydrogen) atoms. The van der Waals surface area contributed by atoms with E-state index in [2.05, 4.69) is 15.3 Å². The van der Waals surface area contributed by atoms with Crippen LogP contribution in [0, 0.1) is 17.0 Å². The highest BCUT2D eigenvalue weighted by atomic mass is 16.6. The summed E-state index contributed by atoms with van der Waals surface area (Å²) in [6.07, 6.45) is 0. The van der Waals surface area contributed by atoms with Crippen LogP contribution >= 0.6 is 0 Å². The molecular weight excluding hydrogens is 310 g/mol. The van der Waals surface area contributed by atoms with E-state index in [0.717, 1.165) is 0 Å². The first-order valence-corrected chi connectivity index (χ1v) is 6.91. The average Bonchev–Trinajstić information content (AvgIpc) is 3.27. The van der Waals surface area contributed by atoms with Gasteiger partial charge in [0.2, 0.25) is 5.82 Å². The van der Waals surface area contributed by atoms with E-state index < -0.39 is 11.8 Å². The second-order valence-corrected chi connectivity index (χ2v) is 4.98. The number of aromatic nitrogens is 4. The van der Waals surface area contributed by atoms with Crippen molar-refractivity contribution in [2.24, 2.45) is 0 Å². The Morgan fingerprint density at radius 1 is 1.21 bits per heavy atom. The molecule has 3 heterocycles. The lowest BCUT2D eigenvalue weighted by molar-refractivity contribution is -0.384. The Bertz CT molecular complexity index is 1170. The fourth-order valence-corrected chi connectivity index (χ4v) is 2.33. The standard InChI is InChI=1S/C16H11N5O3/c1-10-5-7-14(24-10)16-18-17-15-8-6-13(19-20(15)16)11-3-2-4-12(9-11)21(22)23/h2-9H,1H3/i1D3. The average molecular weight is 324 g/mol. The highest BCUT2D eigenvalue weighted by Gasteiger charge is 2.14. The largest absolute Gasteiger partial charge is 0.458 e. The molecule has 4 aromatic rings. The van der Waals surface area contributed by atoms with E-state index in [-0.39, 0.29) is 23.0 Å². The van der Waals surface area contributed by atoms with Crippen molar-refractivity contribution in [1.29, 1.82) is 0 Å². The number of fused-ring (bicyclic) bond motifs is 1. The van der Waals surface area contributed by atoms with E-state index in [9.17, 15) is 10.1 Å². The topological polar surface area (TPSA) is 99.4 Å². The second kappa shape index (κ2) is 5.27. The van der Waals surface area contributed by atoms with Gasteiger partial charge in [0.05, 0.1) is 10.6 Å². The van der Waals surface area contributed by atoms with E-state index in [1.54, 1.807) is 24.3 Å². The van der Waals surface area contributed by atoms with Gasteiger partial charge in [-0.25, -0.2) is 0 Å². The van der Waals surface area contributed by atoms with Gasteiger partial charge in [-0.3, -0.25) is 10.1 Å². The maximum atomic E-state index is 11.0. The van der Waals surface area contributed by atoms with Crippen LogP contribution in [0.25, 0.3) is 28.5 Å².